The van der Waals surface area contributed by atoms with Gasteiger partial charge in [0.15, 0.2) is 0 Å². The fourth-order valence-corrected chi connectivity index (χ4v) is 3.09. The first kappa shape index (κ1) is 17.3. The summed E-state index contributed by atoms with van der Waals surface area (Å²) in [5.41, 5.74) is 2.73. The fraction of sp³-hybridized carbons (Fsp3) is 0.222. The zero-order chi connectivity index (χ0) is 18.0. The molecule has 0 bridgehead atoms. The van der Waals surface area contributed by atoms with Crippen LogP contribution in [-0.2, 0) is 23.1 Å². The smallest absolute Gasteiger partial charge is 0.355 e. The minimum atomic E-state index is -0.438. The topological polar surface area (TPSA) is 65.3 Å². The molecule has 2 aromatic heterocycles. The number of fused-ring (bicyclic) bond motifs is 1. The van der Waals surface area contributed by atoms with Crippen LogP contribution >= 0.6 is 15.9 Å². The van der Waals surface area contributed by atoms with E-state index in [1.165, 1.54) is 0 Å². The zero-order valence-electron chi connectivity index (χ0n) is 14.0. The molecule has 0 saturated carbocycles. The van der Waals surface area contributed by atoms with E-state index in [0.717, 1.165) is 15.5 Å². The van der Waals surface area contributed by atoms with Gasteiger partial charge >= 0.3 is 5.97 Å². The van der Waals surface area contributed by atoms with E-state index < -0.39 is 5.97 Å². The lowest BCUT2D eigenvalue weighted by Gasteiger charge is -2.11. The number of nitrogens with zero attached hydrogens (tertiary/aromatic N) is 2. The summed E-state index contributed by atoms with van der Waals surface area (Å²) in [5, 5.41) is 2.85. The van der Waals surface area contributed by atoms with Gasteiger partial charge in [0.2, 0.25) is 5.91 Å². The summed E-state index contributed by atoms with van der Waals surface area (Å²) in [6.45, 7) is 2.05. The van der Waals surface area contributed by atoms with Crippen LogP contribution in [0.4, 0.5) is 5.69 Å². The number of hydrogen-bond acceptors (Lipinski definition) is 3. The van der Waals surface area contributed by atoms with Crippen molar-refractivity contribution in [2.45, 2.75) is 13.5 Å². The molecule has 0 spiro atoms. The first-order valence-corrected chi connectivity index (χ1v) is 8.66. The summed E-state index contributed by atoms with van der Waals surface area (Å²) in [4.78, 5) is 24.8. The second kappa shape index (κ2) is 7.14. The largest absolute Gasteiger partial charge is 0.461 e. The van der Waals surface area contributed by atoms with Gasteiger partial charge < -0.3 is 19.2 Å². The number of anilines is 1. The molecule has 0 aliphatic heterocycles. The Morgan fingerprint density at radius 2 is 1.96 bits per heavy atom. The Labute approximate surface area is 153 Å². The maximum absolute atomic E-state index is 12.5. The Kier molecular flexibility index (Phi) is 4.94. The SMILES string of the molecule is CCOC(=O)c1cc2c(ccn2C)n1CC(=O)Nc1ccccc1Br. The maximum atomic E-state index is 12.5. The highest BCUT2D eigenvalue weighted by atomic mass is 79.9. The van der Waals surface area contributed by atoms with Crippen LogP contribution in [0.2, 0.25) is 0 Å². The number of nitrogens with one attached hydrogen (secondary N) is 1. The summed E-state index contributed by atoms with van der Waals surface area (Å²) in [6.07, 6.45) is 1.89. The summed E-state index contributed by atoms with van der Waals surface area (Å²) in [7, 11) is 1.89. The molecule has 0 atom stereocenters. The Hall–Kier alpha value is -2.54. The molecule has 3 aromatic rings. The summed E-state index contributed by atoms with van der Waals surface area (Å²) < 4.78 is 9.50. The Bertz CT molecular complexity index is 942. The number of carbonyl (C=O) groups excluding carboxylic acids is 2. The quantitative estimate of drug-likeness (QED) is 0.662. The number of aromatic nitrogens is 2. The summed E-state index contributed by atoms with van der Waals surface area (Å²) in [6, 6.07) is 11.0. The van der Waals surface area contributed by atoms with Crippen molar-refractivity contribution in [2.75, 3.05) is 11.9 Å². The highest BCUT2D eigenvalue weighted by molar-refractivity contribution is 9.10. The molecule has 25 heavy (non-hydrogen) atoms. The van der Waals surface area contributed by atoms with Crippen molar-refractivity contribution in [2.24, 2.45) is 7.05 Å². The lowest BCUT2D eigenvalue weighted by atomic mass is 10.3. The second-order valence-electron chi connectivity index (χ2n) is 5.56. The molecule has 1 amide bonds. The Morgan fingerprint density at radius 1 is 1.20 bits per heavy atom. The number of benzene rings is 1. The molecule has 0 unspecified atom stereocenters. The normalized spacial score (nSPS) is 10.8. The number of esters is 1. The summed E-state index contributed by atoms with van der Waals surface area (Å²) >= 11 is 3.41. The fourth-order valence-electron chi connectivity index (χ4n) is 2.71. The molecule has 0 saturated heterocycles. The van der Waals surface area contributed by atoms with E-state index in [1.807, 2.05) is 48.1 Å². The minimum Gasteiger partial charge on any atom is -0.461 e. The van der Waals surface area contributed by atoms with Gasteiger partial charge in [0, 0.05) is 17.7 Å². The molecule has 2 heterocycles. The monoisotopic (exact) mass is 403 g/mol. The van der Waals surface area contributed by atoms with Crippen LogP contribution in [-0.4, -0.2) is 27.6 Å². The van der Waals surface area contributed by atoms with Crippen LogP contribution in [0.1, 0.15) is 17.4 Å². The average molecular weight is 404 g/mol. The van der Waals surface area contributed by atoms with Gasteiger partial charge in [-0.25, -0.2) is 4.79 Å². The molecule has 0 aliphatic rings. The molecule has 3 rings (SSSR count). The first-order valence-electron chi connectivity index (χ1n) is 7.87. The van der Waals surface area contributed by atoms with Crippen LogP contribution in [0.25, 0.3) is 11.0 Å². The minimum absolute atomic E-state index is 0.0169. The van der Waals surface area contributed by atoms with Crippen LogP contribution in [0.5, 0.6) is 0 Å². The number of carbonyl (C=O) groups is 2. The molecule has 0 fully saturated rings. The van der Waals surface area contributed by atoms with Crippen LogP contribution in [0, 0.1) is 0 Å². The van der Waals surface area contributed by atoms with Gasteiger partial charge in [-0.05, 0) is 47.1 Å². The van der Waals surface area contributed by atoms with Crippen LogP contribution in [0.3, 0.4) is 0 Å². The van der Waals surface area contributed by atoms with Gasteiger partial charge in [-0.2, -0.15) is 0 Å². The number of ether oxygens (including phenoxy) is 1. The lowest BCUT2D eigenvalue weighted by molar-refractivity contribution is -0.116. The van der Waals surface area contributed by atoms with Gasteiger partial charge in [-0.15, -0.1) is 0 Å². The van der Waals surface area contributed by atoms with Crippen molar-refractivity contribution < 1.29 is 14.3 Å². The Morgan fingerprint density at radius 3 is 2.68 bits per heavy atom. The third-order valence-corrected chi connectivity index (χ3v) is 4.58. The van der Waals surface area contributed by atoms with Crippen LogP contribution < -0.4 is 5.32 Å². The van der Waals surface area contributed by atoms with Crippen LogP contribution in [0.15, 0.2) is 47.1 Å². The van der Waals surface area contributed by atoms with Crippen molar-refractivity contribution >= 4 is 44.5 Å². The molecule has 0 aliphatic carbocycles. The predicted molar refractivity (Wildman–Crippen MR) is 99.6 cm³/mol. The van der Waals surface area contributed by atoms with Gasteiger partial charge in [0.25, 0.3) is 0 Å². The van der Waals surface area contributed by atoms with E-state index in [2.05, 4.69) is 21.2 Å². The highest BCUT2D eigenvalue weighted by Gasteiger charge is 2.20. The van der Waals surface area contributed by atoms with Crippen molar-refractivity contribution in [1.29, 1.82) is 0 Å². The van der Waals surface area contributed by atoms with Crippen molar-refractivity contribution in [3.8, 4) is 0 Å². The zero-order valence-corrected chi connectivity index (χ0v) is 15.5. The van der Waals surface area contributed by atoms with Gasteiger partial charge in [-0.3, -0.25) is 4.79 Å². The van der Waals surface area contributed by atoms with E-state index in [-0.39, 0.29) is 19.1 Å². The highest BCUT2D eigenvalue weighted by Crippen LogP contribution is 2.23. The van der Waals surface area contributed by atoms with Gasteiger partial charge in [-0.1, -0.05) is 12.1 Å². The molecule has 130 valence electrons. The lowest BCUT2D eigenvalue weighted by Crippen LogP contribution is -2.22. The average Bonchev–Trinajstić information content (AvgIpc) is 3.11. The van der Waals surface area contributed by atoms with Crippen molar-refractivity contribution in [3.05, 3.63) is 52.8 Å². The second-order valence-corrected chi connectivity index (χ2v) is 6.42. The molecule has 0 radical (unpaired) electrons. The first-order chi connectivity index (χ1) is 12.0. The number of aryl methyl sites for hydroxylation is 1. The third kappa shape index (κ3) is 3.46. The van der Waals surface area contributed by atoms with E-state index in [0.29, 0.717) is 11.4 Å². The van der Waals surface area contributed by atoms with Gasteiger partial charge in [0.05, 0.1) is 23.3 Å². The molecule has 6 nitrogen and oxygen atoms in total. The van der Waals surface area contributed by atoms with E-state index in [1.54, 1.807) is 17.6 Å². The molecule has 7 heteroatoms. The van der Waals surface area contributed by atoms with Crippen molar-refractivity contribution in [1.82, 2.24) is 9.13 Å². The predicted octanol–water partition coefficient (Wildman–Crippen LogP) is 3.56. The maximum Gasteiger partial charge on any atom is 0.355 e. The number of hydrogen-bond donors (Lipinski definition) is 1. The number of rotatable bonds is 5. The van der Waals surface area contributed by atoms with Crippen molar-refractivity contribution in [3.63, 3.8) is 0 Å². The Balaban J connectivity index is 1.91. The summed E-state index contributed by atoms with van der Waals surface area (Å²) in [5.74, 6) is -0.661. The number of amides is 1. The molecular weight excluding hydrogens is 386 g/mol. The number of para-hydroxylation sites is 1. The third-order valence-electron chi connectivity index (χ3n) is 3.89. The molecular formula is C18H18BrN3O3. The van der Waals surface area contributed by atoms with E-state index in [4.69, 9.17) is 4.74 Å². The molecule has 1 N–H and O–H groups in total. The number of halogens is 1. The van der Waals surface area contributed by atoms with E-state index >= 15 is 0 Å². The van der Waals surface area contributed by atoms with Gasteiger partial charge in [0.1, 0.15) is 12.2 Å². The van der Waals surface area contributed by atoms with E-state index in [9.17, 15) is 9.59 Å². The standard InChI is InChI=1S/C18H18BrN3O3/c1-3-25-18(24)16-10-15-14(8-9-21(15)2)22(16)11-17(23)20-13-7-5-4-6-12(13)19/h4-10H,3,11H2,1-2H3,(H,20,23). The molecule has 1 aromatic carbocycles.